The summed E-state index contributed by atoms with van der Waals surface area (Å²) in [6.45, 7) is 1.53. The highest BCUT2D eigenvalue weighted by Crippen LogP contribution is 2.30. The molecule has 78 valence electrons. The molecule has 1 aliphatic rings. The van der Waals surface area contributed by atoms with Gasteiger partial charge in [-0.25, -0.2) is 4.39 Å². The van der Waals surface area contributed by atoms with Gasteiger partial charge < -0.3 is 9.47 Å². The molecular weight excluding hydrogens is 173 g/mol. The highest BCUT2D eigenvalue weighted by Gasteiger charge is 2.44. The van der Waals surface area contributed by atoms with E-state index in [1.54, 1.807) is 14.2 Å². The van der Waals surface area contributed by atoms with Gasteiger partial charge in [-0.05, 0) is 7.05 Å². The SMILES string of the molecule is COCC1(COC)CC(F)CN1C. The Balaban J connectivity index is 2.65. The molecule has 1 saturated heterocycles. The maximum absolute atomic E-state index is 13.2. The first-order chi connectivity index (χ1) is 6.14. The molecule has 1 heterocycles. The summed E-state index contributed by atoms with van der Waals surface area (Å²) in [6.07, 6.45) is -0.249. The monoisotopic (exact) mass is 191 g/mol. The molecule has 0 aromatic rings. The van der Waals surface area contributed by atoms with Crippen molar-refractivity contribution in [1.82, 2.24) is 4.90 Å². The van der Waals surface area contributed by atoms with Gasteiger partial charge in [0.05, 0.1) is 18.8 Å². The van der Waals surface area contributed by atoms with Crippen LogP contribution < -0.4 is 0 Å². The van der Waals surface area contributed by atoms with Crippen molar-refractivity contribution >= 4 is 0 Å². The van der Waals surface area contributed by atoms with Gasteiger partial charge in [0.25, 0.3) is 0 Å². The second-order valence-corrected chi connectivity index (χ2v) is 3.77. The van der Waals surface area contributed by atoms with Gasteiger partial charge in [0.2, 0.25) is 0 Å². The number of hydrogen-bond donors (Lipinski definition) is 0. The third kappa shape index (κ3) is 2.18. The molecule has 13 heavy (non-hydrogen) atoms. The van der Waals surface area contributed by atoms with Crippen LogP contribution in [0.15, 0.2) is 0 Å². The minimum Gasteiger partial charge on any atom is -0.383 e. The van der Waals surface area contributed by atoms with Crippen molar-refractivity contribution in [2.45, 2.75) is 18.1 Å². The van der Waals surface area contributed by atoms with E-state index < -0.39 is 6.17 Å². The van der Waals surface area contributed by atoms with Gasteiger partial charge in [-0.1, -0.05) is 0 Å². The Labute approximate surface area is 78.8 Å². The first kappa shape index (κ1) is 10.9. The Morgan fingerprint density at radius 2 is 1.92 bits per heavy atom. The molecular formula is C9H18FNO2. The fourth-order valence-corrected chi connectivity index (χ4v) is 2.04. The van der Waals surface area contributed by atoms with Gasteiger partial charge in [0, 0.05) is 27.2 Å². The standard InChI is InChI=1S/C9H18FNO2/c1-11-5-8(10)4-9(11,6-12-2)7-13-3/h8H,4-7H2,1-3H3. The van der Waals surface area contributed by atoms with Crippen LogP contribution in [0.5, 0.6) is 0 Å². The zero-order valence-electron chi connectivity index (χ0n) is 8.55. The minimum atomic E-state index is -0.754. The van der Waals surface area contributed by atoms with E-state index in [2.05, 4.69) is 0 Å². The summed E-state index contributed by atoms with van der Waals surface area (Å²) in [5.74, 6) is 0. The number of likely N-dealkylation sites (tertiary alicyclic amines) is 1. The summed E-state index contributed by atoms with van der Waals surface area (Å²) < 4.78 is 23.4. The van der Waals surface area contributed by atoms with Gasteiger partial charge in [-0.3, -0.25) is 4.90 Å². The largest absolute Gasteiger partial charge is 0.383 e. The van der Waals surface area contributed by atoms with Crippen LogP contribution in [0.4, 0.5) is 4.39 Å². The van der Waals surface area contributed by atoms with Gasteiger partial charge >= 0.3 is 0 Å². The van der Waals surface area contributed by atoms with Gasteiger partial charge in [0.15, 0.2) is 0 Å². The molecule has 4 heteroatoms. The number of alkyl halides is 1. The smallest absolute Gasteiger partial charge is 0.115 e. The number of halogens is 1. The summed E-state index contributed by atoms with van der Waals surface area (Å²) >= 11 is 0. The van der Waals surface area contributed by atoms with Crippen molar-refractivity contribution < 1.29 is 13.9 Å². The molecule has 0 bridgehead atoms. The van der Waals surface area contributed by atoms with E-state index >= 15 is 0 Å². The lowest BCUT2D eigenvalue weighted by Crippen LogP contribution is -2.49. The molecule has 0 saturated carbocycles. The fourth-order valence-electron chi connectivity index (χ4n) is 2.04. The van der Waals surface area contributed by atoms with Gasteiger partial charge in [-0.2, -0.15) is 0 Å². The Hall–Kier alpha value is -0.190. The van der Waals surface area contributed by atoms with E-state index in [1.165, 1.54) is 0 Å². The summed E-state index contributed by atoms with van der Waals surface area (Å²) in [7, 11) is 5.19. The van der Waals surface area contributed by atoms with Crippen LogP contribution in [0.3, 0.4) is 0 Å². The molecule has 3 nitrogen and oxygen atoms in total. The summed E-state index contributed by atoms with van der Waals surface area (Å²) in [5.41, 5.74) is -0.261. The van der Waals surface area contributed by atoms with Crippen LogP contribution in [-0.4, -0.2) is 57.6 Å². The molecule has 1 fully saturated rings. The second kappa shape index (κ2) is 4.35. The Bertz CT molecular complexity index is 160. The third-order valence-corrected chi connectivity index (χ3v) is 2.71. The maximum atomic E-state index is 13.2. The number of ether oxygens (including phenoxy) is 2. The van der Waals surface area contributed by atoms with Crippen LogP contribution in [0.25, 0.3) is 0 Å². The van der Waals surface area contributed by atoms with Crippen molar-refractivity contribution in [2.75, 3.05) is 41.0 Å². The molecule has 0 amide bonds. The highest BCUT2D eigenvalue weighted by molar-refractivity contribution is 4.98. The Morgan fingerprint density at radius 3 is 2.23 bits per heavy atom. The van der Waals surface area contributed by atoms with E-state index in [0.717, 1.165) is 0 Å². The Morgan fingerprint density at radius 1 is 1.38 bits per heavy atom. The molecule has 0 aliphatic carbocycles. The van der Waals surface area contributed by atoms with E-state index in [4.69, 9.17) is 9.47 Å². The predicted octanol–water partition coefficient (Wildman–Crippen LogP) is 0.692. The second-order valence-electron chi connectivity index (χ2n) is 3.77. The minimum absolute atomic E-state index is 0.261. The van der Waals surface area contributed by atoms with Gasteiger partial charge in [0.1, 0.15) is 6.17 Å². The van der Waals surface area contributed by atoms with Crippen molar-refractivity contribution in [3.05, 3.63) is 0 Å². The molecule has 0 aromatic carbocycles. The normalized spacial score (nSPS) is 28.2. The number of nitrogens with zero attached hydrogens (tertiary/aromatic N) is 1. The average Bonchev–Trinajstić information content (AvgIpc) is 2.28. The van der Waals surface area contributed by atoms with Crippen LogP contribution in [0.2, 0.25) is 0 Å². The van der Waals surface area contributed by atoms with E-state index in [-0.39, 0.29) is 5.54 Å². The van der Waals surface area contributed by atoms with Gasteiger partial charge in [-0.15, -0.1) is 0 Å². The lowest BCUT2D eigenvalue weighted by Gasteiger charge is -2.34. The average molecular weight is 191 g/mol. The number of hydrogen-bond acceptors (Lipinski definition) is 3. The highest BCUT2D eigenvalue weighted by atomic mass is 19.1. The maximum Gasteiger partial charge on any atom is 0.115 e. The zero-order valence-corrected chi connectivity index (χ0v) is 8.55. The molecule has 1 rings (SSSR count). The topological polar surface area (TPSA) is 21.7 Å². The summed E-state index contributed by atoms with van der Waals surface area (Å²) in [6, 6.07) is 0. The number of rotatable bonds is 4. The lowest BCUT2D eigenvalue weighted by molar-refractivity contribution is -0.00550. The van der Waals surface area contributed by atoms with Crippen LogP contribution >= 0.6 is 0 Å². The molecule has 1 unspecified atom stereocenters. The molecule has 0 aromatic heterocycles. The lowest BCUT2D eigenvalue weighted by atomic mass is 9.98. The third-order valence-electron chi connectivity index (χ3n) is 2.71. The molecule has 1 aliphatic heterocycles. The quantitative estimate of drug-likeness (QED) is 0.652. The molecule has 0 spiro atoms. The predicted molar refractivity (Wildman–Crippen MR) is 48.6 cm³/mol. The summed E-state index contributed by atoms with van der Waals surface area (Å²) in [5, 5.41) is 0. The van der Waals surface area contributed by atoms with Crippen molar-refractivity contribution in [2.24, 2.45) is 0 Å². The first-order valence-corrected chi connectivity index (χ1v) is 4.48. The number of likely N-dealkylation sites (N-methyl/N-ethyl adjacent to an activating group) is 1. The van der Waals surface area contributed by atoms with Crippen molar-refractivity contribution in [3.63, 3.8) is 0 Å². The van der Waals surface area contributed by atoms with Crippen LogP contribution in [0, 0.1) is 0 Å². The first-order valence-electron chi connectivity index (χ1n) is 4.48. The fraction of sp³-hybridized carbons (Fsp3) is 1.00. The molecule has 0 radical (unpaired) electrons. The molecule has 0 N–H and O–H groups in total. The van der Waals surface area contributed by atoms with Crippen molar-refractivity contribution in [1.29, 1.82) is 0 Å². The van der Waals surface area contributed by atoms with E-state index in [9.17, 15) is 4.39 Å². The molecule has 1 atom stereocenters. The van der Waals surface area contributed by atoms with Crippen LogP contribution in [-0.2, 0) is 9.47 Å². The Kier molecular flexibility index (Phi) is 3.64. The summed E-state index contributed by atoms with van der Waals surface area (Å²) in [4.78, 5) is 1.99. The van der Waals surface area contributed by atoms with E-state index in [1.807, 2.05) is 11.9 Å². The number of methoxy groups -OCH3 is 2. The van der Waals surface area contributed by atoms with E-state index in [0.29, 0.717) is 26.2 Å². The van der Waals surface area contributed by atoms with Crippen molar-refractivity contribution in [3.8, 4) is 0 Å². The zero-order chi connectivity index (χ0) is 9.90. The van der Waals surface area contributed by atoms with Crippen LogP contribution in [0.1, 0.15) is 6.42 Å².